The zero-order chi connectivity index (χ0) is 24.6. The molecule has 0 bridgehead atoms. The van der Waals surface area contributed by atoms with Crippen LogP contribution in [0.25, 0.3) is 10.2 Å². The van der Waals surface area contributed by atoms with Gasteiger partial charge in [-0.2, -0.15) is 0 Å². The number of amides is 3. The topological polar surface area (TPSA) is 99.7 Å². The van der Waals surface area contributed by atoms with Crippen LogP contribution < -0.4 is 15.5 Å². The van der Waals surface area contributed by atoms with Gasteiger partial charge in [-0.05, 0) is 29.8 Å². The summed E-state index contributed by atoms with van der Waals surface area (Å²) in [5.41, 5.74) is 2.73. The van der Waals surface area contributed by atoms with E-state index in [0.29, 0.717) is 43.0 Å². The first-order valence-corrected chi connectivity index (χ1v) is 12.6. The van der Waals surface area contributed by atoms with Crippen LogP contribution >= 0.6 is 22.9 Å². The summed E-state index contributed by atoms with van der Waals surface area (Å²) in [5, 5.41) is 6.81. The zero-order valence-electron chi connectivity index (χ0n) is 19.0. The van der Waals surface area contributed by atoms with Gasteiger partial charge in [-0.3, -0.25) is 9.69 Å². The average Bonchev–Trinajstić information content (AvgIpc) is 3.26. The van der Waals surface area contributed by atoms with Crippen molar-refractivity contribution in [3.05, 3.63) is 70.3 Å². The van der Waals surface area contributed by atoms with E-state index in [4.69, 9.17) is 16.3 Å². The highest BCUT2D eigenvalue weighted by Gasteiger charge is 2.34. The van der Waals surface area contributed by atoms with Crippen molar-refractivity contribution in [3.8, 4) is 0 Å². The Balaban J connectivity index is 1.27. The van der Waals surface area contributed by atoms with Crippen molar-refractivity contribution >= 4 is 68.0 Å². The molecule has 0 spiro atoms. The minimum Gasteiger partial charge on any atom is -0.379 e. The molecule has 2 aliphatic heterocycles. The van der Waals surface area contributed by atoms with Crippen molar-refractivity contribution in [3.63, 3.8) is 0 Å². The number of halogens is 1. The largest absolute Gasteiger partial charge is 0.379 e. The molecule has 36 heavy (non-hydrogen) atoms. The molecular weight excluding hydrogens is 500 g/mol. The van der Waals surface area contributed by atoms with Crippen molar-refractivity contribution in [2.24, 2.45) is 0 Å². The third-order valence-electron chi connectivity index (χ3n) is 6.14. The minimum absolute atomic E-state index is 0.327. The van der Waals surface area contributed by atoms with Gasteiger partial charge in [-0.1, -0.05) is 35.9 Å². The van der Waals surface area contributed by atoms with Crippen molar-refractivity contribution in [1.82, 2.24) is 14.9 Å². The molecule has 9 nitrogen and oxygen atoms in total. The summed E-state index contributed by atoms with van der Waals surface area (Å²) in [5.74, 6) is 0.0565. The van der Waals surface area contributed by atoms with Crippen LogP contribution in [-0.2, 0) is 11.3 Å². The van der Waals surface area contributed by atoms with Crippen molar-refractivity contribution in [1.29, 1.82) is 0 Å². The van der Waals surface area contributed by atoms with E-state index < -0.39 is 6.03 Å². The van der Waals surface area contributed by atoms with E-state index in [0.717, 1.165) is 32.8 Å². The van der Waals surface area contributed by atoms with Gasteiger partial charge in [-0.15, -0.1) is 11.3 Å². The first-order valence-electron chi connectivity index (χ1n) is 11.4. The van der Waals surface area contributed by atoms with Gasteiger partial charge in [0, 0.05) is 25.3 Å². The third kappa shape index (κ3) is 4.18. The molecule has 3 amide bonds. The number of carbonyl (C=O) groups is 2. The molecule has 1 saturated heterocycles. The molecule has 4 heterocycles. The fourth-order valence-electron chi connectivity index (χ4n) is 4.38. The number of thiophene rings is 1. The minimum atomic E-state index is -0.449. The Morgan fingerprint density at radius 3 is 2.67 bits per heavy atom. The van der Waals surface area contributed by atoms with E-state index in [-0.39, 0.29) is 5.91 Å². The van der Waals surface area contributed by atoms with Gasteiger partial charge >= 0.3 is 6.03 Å². The molecule has 0 unspecified atom stereocenters. The van der Waals surface area contributed by atoms with Gasteiger partial charge in [0.15, 0.2) is 5.82 Å². The maximum absolute atomic E-state index is 13.3. The van der Waals surface area contributed by atoms with E-state index in [1.165, 1.54) is 28.1 Å². The monoisotopic (exact) mass is 520 g/mol. The number of hydrogen-bond acceptors (Lipinski definition) is 7. The van der Waals surface area contributed by atoms with Gasteiger partial charge in [0.1, 0.15) is 16.0 Å². The van der Waals surface area contributed by atoms with Gasteiger partial charge in [0.05, 0.1) is 35.0 Å². The molecule has 0 atom stereocenters. The van der Waals surface area contributed by atoms with Gasteiger partial charge < -0.3 is 15.4 Å². The summed E-state index contributed by atoms with van der Waals surface area (Å²) >= 11 is 7.57. The molecule has 2 N–H and O–H groups in total. The molecule has 11 heteroatoms. The molecule has 2 aromatic carbocycles. The Kier molecular flexibility index (Phi) is 6.02. The molecule has 2 aromatic heterocycles. The Morgan fingerprint density at radius 2 is 1.89 bits per heavy atom. The third-order valence-corrected chi connectivity index (χ3v) is 7.55. The molecule has 182 valence electrons. The first kappa shape index (κ1) is 22.9. The van der Waals surface area contributed by atoms with Gasteiger partial charge in [0.25, 0.3) is 5.91 Å². The van der Waals surface area contributed by atoms with Crippen LogP contribution in [0.15, 0.2) is 54.9 Å². The number of benzene rings is 2. The lowest BCUT2D eigenvalue weighted by atomic mass is 10.1. The molecule has 0 radical (unpaired) electrons. The van der Waals surface area contributed by atoms with Crippen LogP contribution in [-0.4, -0.2) is 53.1 Å². The zero-order valence-corrected chi connectivity index (χ0v) is 20.6. The Labute approximate surface area is 215 Å². The number of urea groups is 1. The van der Waals surface area contributed by atoms with E-state index in [2.05, 4.69) is 25.5 Å². The molecule has 1 fully saturated rings. The van der Waals surface area contributed by atoms with E-state index in [1.54, 1.807) is 24.3 Å². The number of hydrogen-bond donors (Lipinski definition) is 2. The average molecular weight is 521 g/mol. The highest BCUT2D eigenvalue weighted by atomic mass is 35.5. The highest BCUT2D eigenvalue weighted by Crippen LogP contribution is 2.45. The number of nitrogens with one attached hydrogen (secondary N) is 2. The van der Waals surface area contributed by atoms with Crippen molar-refractivity contribution in [2.45, 2.75) is 6.54 Å². The standard InChI is InChI=1S/C25H21ClN6O3S/c26-17-3-1-2-4-18(17)32-22-19-20(30-25(32)34)21(36-24(19)28-14-27-22)23(33)29-16-7-5-15(6-8-16)13-31-9-11-35-12-10-31/h1-8,14H,9-13H2,(H,29,33)(H,30,34). The van der Waals surface area contributed by atoms with Gasteiger partial charge in [0.2, 0.25) is 0 Å². The Morgan fingerprint density at radius 1 is 1.11 bits per heavy atom. The lowest BCUT2D eigenvalue weighted by Gasteiger charge is -2.27. The predicted octanol–water partition coefficient (Wildman–Crippen LogP) is 5.11. The molecule has 2 aliphatic rings. The summed E-state index contributed by atoms with van der Waals surface area (Å²) in [7, 11) is 0. The number of anilines is 4. The molecular formula is C25H21ClN6O3S. The second kappa shape index (κ2) is 9.47. The van der Waals surface area contributed by atoms with Crippen molar-refractivity contribution < 1.29 is 14.3 Å². The summed E-state index contributed by atoms with van der Waals surface area (Å²) in [6.45, 7) is 4.18. The number of rotatable bonds is 5. The van der Waals surface area contributed by atoms with Crippen molar-refractivity contribution in [2.75, 3.05) is 41.8 Å². The first-order chi connectivity index (χ1) is 17.6. The quantitative estimate of drug-likeness (QED) is 0.379. The maximum Gasteiger partial charge on any atom is 0.332 e. The Hall–Kier alpha value is -3.57. The highest BCUT2D eigenvalue weighted by molar-refractivity contribution is 7.21. The summed E-state index contributed by atoms with van der Waals surface area (Å²) in [4.78, 5) is 39.8. The summed E-state index contributed by atoms with van der Waals surface area (Å²) in [6.07, 6.45) is 1.38. The van der Waals surface area contributed by atoms with Crippen LogP contribution in [0.1, 0.15) is 15.2 Å². The fourth-order valence-corrected chi connectivity index (χ4v) is 5.59. The number of nitrogens with zero attached hydrogens (tertiary/aromatic N) is 4. The lowest BCUT2D eigenvalue weighted by Crippen LogP contribution is -2.35. The van der Waals surface area contributed by atoms with Crippen LogP contribution in [0.2, 0.25) is 5.02 Å². The second-order valence-electron chi connectivity index (χ2n) is 8.44. The SMILES string of the molecule is O=C(Nc1ccc(CN2CCOCC2)cc1)c1sc2ncnc3c2c1NC(=O)N3c1ccccc1Cl. The van der Waals surface area contributed by atoms with E-state index >= 15 is 0 Å². The van der Waals surface area contributed by atoms with E-state index in [9.17, 15) is 9.59 Å². The number of morpholine rings is 1. The number of carbonyl (C=O) groups excluding carboxylic acids is 2. The number of ether oxygens (including phenoxy) is 1. The van der Waals surface area contributed by atoms with E-state index in [1.807, 2.05) is 24.3 Å². The fraction of sp³-hybridized carbons (Fsp3) is 0.200. The van der Waals surface area contributed by atoms with Crippen LogP contribution in [0, 0.1) is 0 Å². The second-order valence-corrected chi connectivity index (χ2v) is 9.85. The number of aromatic nitrogens is 2. The number of para-hydroxylation sites is 1. The smallest absolute Gasteiger partial charge is 0.332 e. The van der Waals surface area contributed by atoms with Crippen LogP contribution in [0.5, 0.6) is 0 Å². The summed E-state index contributed by atoms with van der Waals surface area (Å²) < 4.78 is 5.40. The van der Waals surface area contributed by atoms with Crippen LogP contribution in [0.4, 0.5) is 27.7 Å². The predicted molar refractivity (Wildman–Crippen MR) is 141 cm³/mol. The van der Waals surface area contributed by atoms with Gasteiger partial charge in [-0.25, -0.2) is 19.7 Å². The van der Waals surface area contributed by atoms with Crippen LogP contribution in [0.3, 0.4) is 0 Å². The molecule has 6 rings (SSSR count). The normalized spacial score (nSPS) is 15.7. The molecule has 4 aromatic rings. The molecule has 0 aliphatic carbocycles. The lowest BCUT2D eigenvalue weighted by molar-refractivity contribution is 0.0342. The Bertz CT molecular complexity index is 1470. The summed E-state index contributed by atoms with van der Waals surface area (Å²) in [6, 6.07) is 14.4. The molecule has 0 saturated carbocycles. The maximum atomic E-state index is 13.3.